The molecular weight excluding hydrogens is 220 g/mol. The molecule has 2 heterocycles. The third-order valence-electron chi connectivity index (χ3n) is 2.83. The topological polar surface area (TPSA) is 37.2 Å². The van der Waals surface area contributed by atoms with E-state index < -0.39 is 0 Å². The lowest BCUT2D eigenvalue weighted by molar-refractivity contribution is 0.531. The molecule has 0 aromatic carbocycles. The molecule has 0 amide bonds. The molecule has 2 rings (SSSR count). The van der Waals surface area contributed by atoms with Crippen LogP contribution in [0.25, 0.3) is 0 Å². The molecule has 2 N–H and O–H groups in total. The summed E-state index contributed by atoms with van der Waals surface area (Å²) in [4.78, 5) is 0. The Balaban J connectivity index is 1.48. The van der Waals surface area contributed by atoms with Crippen LogP contribution < -0.4 is 10.6 Å². The highest BCUT2D eigenvalue weighted by molar-refractivity contribution is 7.99. The highest BCUT2D eigenvalue weighted by Gasteiger charge is 2.12. The van der Waals surface area contributed by atoms with Crippen molar-refractivity contribution in [1.82, 2.24) is 10.6 Å². The molecule has 1 saturated heterocycles. The first-order valence-electron chi connectivity index (χ1n) is 5.99. The van der Waals surface area contributed by atoms with Gasteiger partial charge in [-0.1, -0.05) is 0 Å². The number of hydrogen-bond donors (Lipinski definition) is 2. The first-order chi connectivity index (χ1) is 7.95. The summed E-state index contributed by atoms with van der Waals surface area (Å²) in [6.45, 7) is 4.39. The third kappa shape index (κ3) is 4.20. The number of furan rings is 1. The first kappa shape index (κ1) is 12.0. The zero-order chi connectivity index (χ0) is 11.1. The van der Waals surface area contributed by atoms with Crippen molar-refractivity contribution in [1.29, 1.82) is 0 Å². The van der Waals surface area contributed by atoms with Gasteiger partial charge >= 0.3 is 0 Å². The minimum absolute atomic E-state index is 0.872. The van der Waals surface area contributed by atoms with Gasteiger partial charge in [-0.25, -0.2) is 0 Å². The molecule has 1 aromatic rings. The zero-order valence-corrected chi connectivity index (χ0v) is 10.4. The van der Waals surface area contributed by atoms with Crippen LogP contribution in [-0.4, -0.2) is 30.6 Å². The molecule has 0 saturated carbocycles. The van der Waals surface area contributed by atoms with Crippen molar-refractivity contribution in [2.45, 2.75) is 24.6 Å². The normalized spacial score (nSPS) is 17.8. The maximum atomic E-state index is 5.01. The van der Waals surface area contributed by atoms with E-state index in [1.807, 2.05) is 6.07 Å². The Bertz CT molecular complexity index is 271. The van der Waals surface area contributed by atoms with Crippen LogP contribution in [0.5, 0.6) is 0 Å². The van der Waals surface area contributed by atoms with E-state index in [9.17, 15) is 0 Å². The third-order valence-corrected chi connectivity index (χ3v) is 4.21. The summed E-state index contributed by atoms with van der Waals surface area (Å²) < 4.78 is 5.01. The van der Waals surface area contributed by atoms with Crippen LogP contribution >= 0.6 is 11.8 Å². The molecule has 1 aromatic heterocycles. The van der Waals surface area contributed by atoms with Crippen molar-refractivity contribution in [3.8, 4) is 0 Å². The van der Waals surface area contributed by atoms with Crippen molar-refractivity contribution in [2.75, 3.05) is 25.4 Å². The summed E-state index contributed by atoms with van der Waals surface area (Å²) in [5.41, 5.74) is 1.23. The van der Waals surface area contributed by atoms with E-state index in [0.717, 1.165) is 18.3 Å². The minimum Gasteiger partial charge on any atom is -0.472 e. The second kappa shape index (κ2) is 6.99. The van der Waals surface area contributed by atoms with E-state index in [1.165, 1.54) is 37.2 Å². The van der Waals surface area contributed by atoms with E-state index in [-0.39, 0.29) is 0 Å². The number of rotatable bonds is 6. The lowest BCUT2D eigenvalue weighted by atomic mass is 10.2. The van der Waals surface area contributed by atoms with Gasteiger partial charge in [-0.2, -0.15) is 11.8 Å². The Morgan fingerprint density at radius 3 is 3.06 bits per heavy atom. The lowest BCUT2D eigenvalue weighted by Gasteiger charge is -2.21. The molecule has 4 heteroatoms. The standard InChI is InChI=1S/C12H20N2OS/c1-4-13-5-2-12(1)16-8-6-14-9-11-3-7-15-10-11/h3,7,10,12-14H,1-2,4-6,8-9H2. The number of piperidine rings is 1. The Morgan fingerprint density at radius 1 is 1.44 bits per heavy atom. The first-order valence-corrected chi connectivity index (χ1v) is 7.04. The molecule has 90 valence electrons. The van der Waals surface area contributed by atoms with Gasteiger partial charge in [-0.3, -0.25) is 0 Å². The molecule has 0 bridgehead atoms. The van der Waals surface area contributed by atoms with Crippen LogP contribution in [0, 0.1) is 0 Å². The highest BCUT2D eigenvalue weighted by Crippen LogP contribution is 2.19. The smallest absolute Gasteiger partial charge is 0.0947 e. The predicted molar refractivity (Wildman–Crippen MR) is 68.8 cm³/mol. The molecule has 1 aliphatic heterocycles. The lowest BCUT2D eigenvalue weighted by Crippen LogP contribution is -2.30. The maximum absolute atomic E-state index is 5.01. The van der Waals surface area contributed by atoms with Crippen LogP contribution in [0.1, 0.15) is 18.4 Å². The van der Waals surface area contributed by atoms with Gasteiger partial charge in [-0.15, -0.1) is 0 Å². The van der Waals surface area contributed by atoms with Crippen molar-refractivity contribution in [3.05, 3.63) is 24.2 Å². The van der Waals surface area contributed by atoms with E-state index >= 15 is 0 Å². The Kier molecular flexibility index (Phi) is 5.25. The molecule has 1 fully saturated rings. The van der Waals surface area contributed by atoms with E-state index in [4.69, 9.17) is 4.42 Å². The summed E-state index contributed by atoms with van der Waals surface area (Å²) in [6, 6.07) is 2.01. The summed E-state index contributed by atoms with van der Waals surface area (Å²) in [5, 5.41) is 7.70. The molecule has 3 nitrogen and oxygen atoms in total. The van der Waals surface area contributed by atoms with Gasteiger partial charge in [0.2, 0.25) is 0 Å². The average Bonchev–Trinajstić information content (AvgIpc) is 2.83. The summed E-state index contributed by atoms with van der Waals surface area (Å²) in [5.74, 6) is 1.21. The summed E-state index contributed by atoms with van der Waals surface area (Å²) in [7, 11) is 0. The molecule has 0 atom stereocenters. The van der Waals surface area contributed by atoms with Gasteiger partial charge in [0.15, 0.2) is 0 Å². The molecule has 0 aliphatic carbocycles. The van der Waals surface area contributed by atoms with Crippen molar-refractivity contribution in [3.63, 3.8) is 0 Å². The minimum atomic E-state index is 0.872. The Morgan fingerprint density at radius 2 is 2.31 bits per heavy atom. The molecule has 16 heavy (non-hydrogen) atoms. The van der Waals surface area contributed by atoms with Crippen molar-refractivity contribution < 1.29 is 4.42 Å². The van der Waals surface area contributed by atoms with Crippen LogP contribution in [0.4, 0.5) is 0 Å². The fourth-order valence-electron chi connectivity index (χ4n) is 1.89. The monoisotopic (exact) mass is 240 g/mol. The second-order valence-electron chi connectivity index (χ2n) is 4.13. The van der Waals surface area contributed by atoms with Gasteiger partial charge < -0.3 is 15.1 Å². The quantitative estimate of drug-likeness (QED) is 0.744. The second-order valence-corrected chi connectivity index (χ2v) is 5.54. The number of thioether (sulfide) groups is 1. The van der Waals surface area contributed by atoms with Gasteiger partial charge in [-0.05, 0) is 32.0 Å². The Hall–Kier alpha value is -0.450. The van der Waals surface area contributed by atoms with E-state index in [1.54, 1.807) is 12.5 Å². The van der Waals surface area contributed by atoms with Gasteiger partial charge in [0, 0.05) is 29.7 Å². The highest BCUT2D eigenvalue weighted by atomic mass is 32.2. The molecule has 0 radical (unpaired) electrons. The largest absolute Gasteiger partial charge is 0.472 e. The van der Waals surface area contributed by atoms with Gasteiger partial charge in [0.25, 0.3) is 0 Å². The maximum Gasteiger partial charge on any atom is 0.0947 e. The molecule has 0 unspecified atom stereocenters. The van der Waals surface area contributed by atoms with Crippen LogP contribution in [0.3, 0.4) is 0 Å². The van der Waals surface area contributed by atoms with Gasteiger partial charge in [0.05, 0.1) is 12.5 Å². The van der Waals surface area contributed by atoms with Crippen LogP contribution in [0.15, 0.2) is 23.0 Å². The molecule has 0 spiro atoms. The zero-order valence-electron chi connectivity index (χ0n) is 9.58. The Labute approximate surface area is 101 Å². The van der Waals surface area contributed by atoms with Crippen molar-refractivity contribution >= 4 is 11.8 Å². The predicted octanol–water partition coefficient (Wildman–Crippen LogP) is 1.85. The molecular formula is C12H20N2OS. The van der Waals surface area contributed by atoms with Crippen LogP contribution in [-0.2, 0) is 6.54 Å². The molecule has 1 aliphatic rings. The summed E-state index contributed by atoms with van der Waals surface area (Å²) >= 11 is 2.11. The van der Waals surface area contributed by atoms with Crippen LogP contribution in [0.2, 0.25) is 0 Å². The van der Waals surface area contributed by atoms with Gasteiger partial charge in [0.1, 0.15) is 0 Å². The average molecular weight is 240 g/mol. The number of nitrogens with one attached hydrogen (secondary N) is 2. The fourth-order valence-corrected chi connectivity index (χ4v) is 3.05. The van der Waals surface area contributed by atoms with Crippen molar-refractivity contribution in [2.24, 2.45) is 0 Å². The number of hydrogen-bond acceptors (Lipinski definition) is 4. The van der Waals surface area contributed by atoms with E-state index in [0.29, 0.717) is 0 Å². The summed E-state index contributed by atoms with van der Waals surface area (Å²) in [6.07, 6.45) is 6.17. The SMILES string of the molecule is c1cc(CNCCSC2CCNCC2)co1. The fraction of sp³-hybridized carbons (Fsp3) is 0.667. The van der Waals surface area contributed by atoms with E-state index in [2.05, 4.69) is 22.4 Å².